The molecule has 0 bridgehead atoms. The fourth-order valence-electron chi connectivity index (χ4n) is 3.01. The number of amides is 1. The Balaban J connectivity index is 1.93. The monoisotopic (exact) mass is 455 g/mol. The number of halogens is 2. The number of thioether (sulfide) groups is 1. The maximum Gasteiger partial charge on any atom is 0.274 e. The minimum Gasteiger partial charge on any atom is -0.329 e. The summed E-state index contributed by atoms with van der Waals surface area (Å²) in [5.74, 6) is -0.416. The van der Waals surface area contributed by atoms with Crippen LogP contribution in [0.4, 0.5) is 4.39 Å². The van der Waals surface area contributed by atoms with Crippen LogP contribution in [0.5, 0.6) is 0 Å². The van der Waals surface area contributed by atoms with Gasteiger partial charge >= 0.3 is 0 Å². The molecule has 0 radical (unpaired) electrons. The van der Waals surface area contributed by atoms with E-state index in [2.05, 4.69) is 16.5 Å². The molecule has 1 aliphatic rings. The third-order valence-corrected chi connectivity index (χ3v) is 7.32. The van der Waals surface area contributed by atoms with Gasteiger partial charge in [0.25, 0.3) is 5.91 Å². The Hall–Kier alpha value is -1.97. The van der Waals surface area contributed by atoms with Crippen molar-refractivity contribution >= 4 is 39.1 Å². The highest BCUT2D eigenvalue weighted by molar-refractivity contribution is 7.99. The maximum atomic E-state index is 13.3. The number of carbonyl (C=O) groups is 1. The molecule has 2 heterocycles. The molecular weight excluding hydrogens is 437 g/mol. The van der Waals surface area contributed by atoms with Crippen LogP contribution >= 0.6 is 23.4 Å². The summed E-state index contributed by atoms with van der Waals surface area (Å²) in [6.45, 7) is 3.76. The van der Waals surface area contributed by atoms with Gasteiger partial charge in [-0.1, -0.05) is 41.6 Å². The molecule has 1 amide bonds. The van der Waals surface area contributed by atoms with Crippen molar-refractivity contribution in [3.63, 3.8) is 0 Å². The van der Waals surface area contributed by atoms with E-state index in [1.165, 1.54) is 35.0 Å². The van der Waals surface area contributed by atoms with Gasteiger partial charge in [0.05, 0.1) is 22.7 Å². The highest BCUT2D eigenvalue weighted by atomic mass is 35.5. The second kappa shape index (κ2) is 9.23. The van der Waals surface area contributed by atoms with E-state index in [4.69, 9.17) is 11.6 Å². The van der Waals surface area contributed by atoms with Crippen LogP contribution in [0.25, 0.3) is 0 Å². The van der Waals surface area contributed by atoms with E-state index in [-0.39, 0.29) is 28.8 Å². The van der Waals surface area contributed by atoms with Gasteiger partial charge in [-0.15, -0.1) is 6.58 Å². The zero-order valence-corrected chi connectivity index (χ0v) is 17.8. The first-order valence-electron chi connectivity index (χ1n) is 8.81. The Morgan fingerprint density at radius 2 is 2.10 bits per heavy atom. The average Bonchev–Trinajstić information content (AvgIpc) is 3.06. The zero-order valence-electron chi connectivity index (χ0n) is 15.4. The molecule has 2 aromatic rings. The van der Waals surface area contributed by atoms with Crippen molar-refractivity contribution in [3.05, 3.63) is 65.2 Å². The third kappa shape index (κ3) is 5.55. The van der Waals surface area contributed by atoms with E-state index in [0.29, 0.717) is 22.9 Å². The van der Waals surface area contributed by atoms with Gasteiger partial charge in [0, 0.05) is 18.3 Å². The van der Waals surface area contributed by atoms with Gasteiger partial charge in [-0.05, 0) is 24.1 Å². The van der Waals surface area contributed by atoms with Crippen molar-refractivity contribution in [3.8, 4) is 0 Å². The number of aromatic nitrogens is 2. The third-order valence-electron chi connectivity index (χ3n) is 4.43. The van der Waals surface area contributed by atoms with E-state index < -0.39 is 27.6 Å². The van der Waals surface area contributed by atoms with Gasteiger partial charge < -0.3 is 4.90 Å². The van der Waals surface area contributed by atoms with Gasteiger partial charge in [0.15, 0.2) is 20.7 Å². The summed E-state index contributed by atoms with van der Waals surface area (Å²) in [5, 5.41) is 0.460. The number of rotatable bonds is 7. The maximum absolute atomic E-state index is 13.3. The van der Waals surface area contributed by atoms with Gasteiger partial charge in [0.2, 0.25) is 0 Å². The molecular formula is C19H19ClFN3O3S2. The molecule has 1 aliphatic heterocycles. The topological polar surface area (TPSA) is 80.2 Å². The van der Waals surface area contributed by atoms with Crippen molar-refractivity contribution in [2.24, 2.45) is 0 Å². The Bertz CT molecular complexity index is 1020. The minimum absolute atomic E-state index is 0.0136. The number of hydrogen-bond acceptors (Lipinski definition) is 6. The fraction of sp³-hybridized carbons (Fsp3) is 0.316. The quantitative estimate of drug-likeness (QED) is 0.361. The molecule has 0 unspecified atom stereocenters. The van der Waals surface area contributed by atoms with E-state index in [0.717, 1.165) is 0 Å². The molecule has 10 heteroatoms. The fourth-order valence-corrected chi connectivity index (χ4v) is 5.47. The number of nitrogens with zero attached hydrogens (tertiary/aromatic N) is 3. The molecule has 3 rings (SSSR count). The van der Waals surface area contributed by atoms with Crippen molar-refractivity contribution in [2.75, 3.05) is 17.3 Å². The second-order valence-corrected chi connectivity index (χ2v) is 10.2. The molecule has 6 nitrogen and oxygen atoms in total. The predicted octanol–water partition coefficient (Wildman–Crippen LogP) is 3.38. The first kappa shape index (κ1) is 21.7. The minimum atomic E-state index is -3.22. The number of benzene rings is 1. The highest BCUT2D eigenvalue weighted by Gasteiger charge is 2.36. The van der Waals surface area contributed by atoms with Crippen molar-refractivity contribution in [1.82, 2.24) is 14.9 Å². The van der Waals surface area contributed by atoms with Crippen molar-refractivity contribution in [1.29, 1.82) is 0 Å². The van der Waals surface area contributed by atoms with Gasteiger partial charge in [-0.2, -0.15) is 0 Å². The lowest BCUT2D eigenvalue weighted by atomic mass is 10.1. The normalized spacial score (nSPS) is 17.8. The Labute approximate surface area is 178 Å². The van der Waals surface area contributed by atoms with Crippen LogP contribution in [0.1, 0.15) is 22.5 Å². The van der Waals surface area contributed by atoms with Crippen LogP contribution in [0.3, 0.4) is 0 Å². The summed E-state index contributed by atoms with van der Waals surface area (Å²) in [5.41, 5.74) is 0.690. The number of carbonyl (C=O) groups excluding carboxylic acids is 1. The second-order valence-electron chi connectivity index (χ2n) is 6.57. The standard InChI is InChI=1S/C19H19ClFN3O3S2/c1-2-8-28-19-22-10-16(20)17(23-19)18(25)24(15-7-9-29(26,27)12-15)11-13-3-5-14(21)6-4-13/h2-6,10,15H,1,7-9,11-12H2/t15-/m1/s1. The summed E-state index contributed by atoms with van der Waals surface area (Å²) in [6, 6.07) is 5.21. The van der Waals surface area contributed by atoms with Crippen LogP contribution in [0, 0.1) is 5.82 Å². The predicted molar refractivity (Wildman–Crippen MR) is 111 cm³/mol. The van der Waals surface area contributed by atoms with Crippen molar-refractivity contribution in [2.45, 2.75) is 24.2 Å². The molecule has 1 fully saturated rings. The van der Waals surface area contributed by atoms with Crippen LogP contribution in [-0.4, -0.2) is 52.5 Å². The lowest BCUT2D eigenvalue weighted by Crippen LogP contribution is -2.41. The highest BCUT2D eigenvalue weighted by Crippen LogP contribution is 2.25. The Morgan fingerprint density at radius 1 is 1.38 bits per heavy atom. The van der Waals surface area contributed by atoms with Crippen LogP contribution in [0.15, 0.2) is 48.3 Å². The van der Waals surface area contributed by atoms with Crippen molar-refractivity contribution < 1.29 is 17.6 Å². The Kier molecular flexibility index (Phi) is 6.92. The SMILES string of the molecule is C=CCSc1ncc(Cl)c(C(=O)N(Cc2ccc(F)cc2)[C@@H]2CCS(=O)(=O)C2)n1. The number of hydrogen-bond donors (Lipinski definition) is 0. The van der Waals surface area contributed by atoms with Crippen LogP contribution < -0.4 is 0 Å². The smallest absolute Gasteiger partial charge is 0.274 e. The molecule has 1 aromatic carbocycles. The summed E-state index contributed by atoms with van der Waals surface area (Å²) in [4.78, 5) is 23.1. The van der Waals surface area contributed by atoms with Gasteiger partial charge in [0.1, 0.15) is 5.82 Å². The molecule has 0 aliphatic carbocycles. The first-order chi connectivity index (χ1) is 13.8. The summed E-state index contributed by atoms with van der Waals surface area (Å²) in [7, 11) is -3.22. The molecule has 1 aromatic heterocycles. The molecule has 0 N–H and O–H groups in total. The summed E-state index contributed by atoms with van der Waals surface area (Å²) < 4.78 is 37.2. The summed E-state index contributed by atoms with van der Waals surface area (Å²) >= 11 is 7.49. The van der Waals surface area contributed by atoms with Crippen LogP contribution in [0.2, 0.25) is 5.02 Å². The molecule has 0 spiro atoms. The van der Waals surface area contributed by atoms with E-state index >= 15 is 0 Å². The molecule has 0 saturated carbocycles. The van der Waals surface area contributed by atoms with E-state index in [9.17, 15) is 17.6 Å². The van der Waals surface area contributed by atoms with Crippen LogP contribution in [-0.2, 0) is 16.4 Å². The average molecular weight is 456 g/mol. The molecule has 29 heavy (non-hydrogen) atoms. The number of sulfone groups is 1. The lowest BCUT2D eigenvalue weighted by Gasteiger charge is -2.28. The molecule has 1 saturated heterocycles. The molecule has 1 atom stereocenters. The zero-order chi connectivity index (χ0) is 21.0. The molecule has 154 valence electrons. The Morgan fingerprint density at radius 3 is 2.72 bits per heavy atom. The lowest BCUT2D eigenvalue weighted by molar-refractivity contribution is 0.0674. The first-order valence-corrected chi connectivity index (χ1v) is 12.0. The van der Waals surface area contributed by atoms with E-state index in [1.54, 1.807) is 18.2 Å². The van der Waals surface area contributed by atoms with Gasteiger partial charge in [-0.3, -0.25) is 4.79 Å². The van der Waals surface area contributed by atoms with Gasteiger partial charge in [-0.25, -0.2) is 22.8 Å². The largest absolute Gasteiger partial charge is 0.329 e. The van der Waals surface area contributed by atoms with E-state index in [1.807, 2.05) is 0 Å². The summed E-state index contributed by atoms with van der Waals surface area (Å²) in [6.07, 6.45) is 3.37.